The van der Waals surface area contributed by atoms with Crippen LogP contribution < -0.4 is 5.32 Å². The van der Waals surface area contributed by atoms with Crippen LogP contribution in [0.4, 0.5) is 5.69 Å². The van der Waals surface area contributed by atoms with Gasteiger partial charge in [0.15, 0.2) is 5.82 Å². The minimum Gasteiger partial charge on any atom is -0.348 e. The standard InChI is InChI=1S/C22H24N5OP/c1-2-14-12-27(19-6-4-3-5-16(14)19)21-20-17(23-13-24-21)11-18(26-20)22(28)25-15-7-9-29-10-8-15/h3-6,12-13,15,29H,2,7-11H2,1H3,(H,25,28). The number of benzene rings is 1. The number of rotatable bonds is 4. The molecule has 0 bridgehead atoms. The van der Waals surface area contributed by atoms with Crippen molar-refractivity contribution < 1.29 is 4.79 Å². The van der Waals surface area contributed by atoms with E-state index in [0.29, 0.717) is 17.8 Å². The first kappa shape index (κ1) is 18.4. The number of aromatic nitrogens is 3. The Bertz CT molecular complexity index is 1110. The maximum absolute atomic E-state index is 12.8. The van der Waals surface area contributed by atoms with Crippen molar-refractivity contribution in [1.82, 2.24) is 19.9 Å². The Morgan fingerprint density at radius 2 is 2.07 bits per heavy atom. The fraction of sp³-hybridized carbons (Fsp3) is 0.364. The van der Waals surface area contributed by atoms with Gasteiger partial charge in [0.25, 0.3) is 5.91 Å². The molecule has 0 radical (unpaired) electrons. The van der Waals surface area contributed by atoms with Crippen molar-refractivity contribution in [2.75, 3.05) is 12.3 Å². The summed E-state index contributed by atoms with van der Waals surface area (Å²) in [6.07, 6.45) is 9.69. The second kappa shape index (κ2) is 7.68. The van der Waals surface area contributed by atoms with Crippen LogP contribution in [0.3, 0.4) is 0 Å². The van der Waals surface area contributed by atoms with E-state index in [1.807, 2.05) is 6.07 Å². The molecule has 0 aliphatic carbocycles. The first-order valence-corrected chi connectivity index (χ1v) is 11.7. The number of hydrogen-bond acceptors (Lipinski definition) is 4. The molecule has 1 amide bonds. The summed E-state index contributed by atoms with van der Waals surface area (Å²) in [6.45, 7) is 2.16. The monoisotopic (exact) mass is 405 g/mol. The minimum absolute atomic E-state index is 0.0594. The lowest BCUT2D eigenvalue weighted by Gasteiger charge is -2.22. The Kier molecular flexibility index (Phi) is 4.88. The molecule has 1 N–H and O–H groups in total. The number of hydrogen-bond donors (Lipinski definition) is 1. The van der Waals surface area contributed by atoms with E-state index in [0.717, 1.165) is 44.9 Å². The Morgan fingerprint density at radius 1 is 1.24 bits per heavy atom. The summed E-state index contributed by atoms with van der Waals surface area (Å²) in [5.74, 6) is 0.684. The largest absolute Gasteiger partial charge is 0.348 e. The summed E-state index contributed by atoms with van der Waals surface area (Å²) >= 11 is 0. The van der Waals surface area contributed by atoms with Gasteiger partial charge in [0.2, 0.25) is 0 Å². The van der Waals surface area contributed by atoms with Crippen LogP contribution >= 0.6 is 8.58 Å². The molecule has 2 aromatic heterocycles. The molecule has 5 rings (SSSR count). The van der Waals surface area contributed by atoms with Gasteiger partial charge in [-0.1, -0.05) is 25.1 Å². The Morgan fingerprint density at radius 3 is 2.90 bits per heavy atom. The number of para-hydroxylation sites is 1. The fourth-order valence-corrected chi connectivity index (χ4v) is 5.59. The van der Waals surface area contributed by atoms with Crippen LogP contribution in [-0.2, 0) is 17.6 Å². The zero-order chi connectivity index (χ0) is 19.8. The van der Waals surface area contributed by atoms with Gasteiger partial charge in [0.1, 0.15) is 17.7 Å². The van der Waals surface area contributed by atoms with E-state index < -0.39 is 0 Å². The first-order chi connectivity index (χ1) is 14.2. The van der Waals surface area contributed by atoms with E-state index >= 15 is 0 Å². The van der Waals surface area contributed by atoms with E-state index in [4.69, 9.17) is 4.99 Å². The number of carbonyl (C=O) groups excluding carboxylic acids is 1. The van der Waals surface area contributed by atoms with Crippen molar-refractivity contribution >= 4 is 36.8 Å². The smallest absolute Gasteiger partial charge is 0.266 e. The number of aryl methyl sites for hydroxylation is 1. The van der Waals surface area contributed by atoms with Crippen molar-refractivity contribution in [3.8, 4) is 5.82 Å². The number of amides is 1. The quantitative estimate of drug-likeness (QED) is 0.675. The highest BCUT2D eigenvalue weighted by Gasteiger charge is 2.27. The van der Waals surface area contributed by atoms with E-state index in [1.165, 1.54) is 23.3 Å². The third-order valence-electron chi connectivity index (χ3n) is 5.80. The van der Waals surface area contributed by atoms with Crippen molar-refractivity contribution in [2.24, 2.45) is 4.99 Å². The van der Waals surface area contributed by atoms with Crippen molar-refractivity contribution in [3.63, 3.8) is 0 Å². The van der Waals surface area contributed by atoms with Gasteiger partial charge in [0, 0.05) is 24.0 Å². The molecule has 1 fully saturated rings. The lowest BCUT2D eigenvalue weighted by atomic mass is 10.1. The molecule has 1 saturated heterocycles. The number of nitrogens with zero attached hydrogens (tertiary/aromatic N) is 4. The number of fused-ring (bicyclic) bond motifs is 2. The van der Waals surface area contributed by atoms with Crippen LogP contribution in [0, 0.1) is 0 Å². The van der Waals surface area contributed by atoms with Gasteiger partial charge < -0.3 is 5.32 Å². The second-order valence-electron chi connectivity index (χ2n) is 7.62. The molecule has 0 saturated carbocycles. The third kappa shape index (κ3) is 3.36. The summed E-state index contributed by atoms with van der Waals surface area (Å²) in [4.78, 5) is 26.4. The number of aliphatic imine (C=N–C) groups is 1. The Labute approximate surface area is 171 Å². The Balaban J connectivity index is 1.50. The highest BCUT2D eigenvalue weighted by Crippen LogP contribution is 2.34. The molecule has 0 spiro atoms. The molecule has 29 heavy (non-hydrogen) atoms. The average molecular weight is 405 g/mol. The van der Waals surface area contributed by atoms with Crippen LogP contribution in [0.25, 0.3) is 16.7 Å². The molecule has 1 aromatic carbocycles. The molecule has 148 valence electrons. The van der Waals surface area contributed by atoms with Crippen LogP contribution in [0.2, 0.25) is 0 Å². The summed E-state index contributed by atoms with van der Waals surface area (Å²) in [5, 5.41) is 4.40. The van der Waals surface area contributed by atoms with Gasteiger partial charge in [-0.05, 0) is 43.2 Å². The molecule has 2 aliphatic rings. The minimum atomic E-state index is -0.0594. The number of carbonyl (C=O) groups is 1. The zero-order valence-corrected chi connectivity index (χ0v) is 17.5. The molecule has 4 heterocycles. The van der Waals surface area contributed by atoms with Gasteiger partial charge in [-0.15, -0.1) is 8.58 Å². The molecule has 0 unspecified atom stereocenters. The van der Waals surface area contributed by atoms with Crippen molar-refractivity contribution in [3.05, 3.63) is 48.0 Å². The van der Waals surface area contributed by atoms with Gasteiger partial charge in [-0.2, -0.15) is 0 Å². The predicted octanol–water partition coefficient (Wildman–Crippen LogP) is 3.57. The van der Waals surface area contributed by atoms with E-state index in [9.17, 15) is 4.79 Å². The van der Waals surface area contributed by atoms with Gasteiger partial charge >= 0.3 is 0 Å². The van der Waals surface area contributed by atoms with E-state index in [2.05, 4.69) is 51.2 Å². The molecule has 7 heteroatoms. The third-order valence-corrected chi connectivity index (χ3v) is 7.08. The fourth-order valence-electron chi connectivity index (χ4n) is 4.23. The Hall–Kier alpha value is -2.59. The lowest BCUT2D eigenvalue weighted by Crippen LogP contribution is -2.41. The topological polar surface area (TPSA) is 72.2 Å². The van der Waals surface area contributed by atoms with Gasteiger partial charge in [0.05, 0.1) is 11.2 Å². The molecule has 3 aromatic rings. The molecule has 6 nitrogen and oxygen atoms in total. The van der Waals surface area contributed by atoms with Crippen LogP contribution in [0.15, 0.2) is 41.8 Å². The maximum atomic E-state index is 12.8. The number of nitrogens with one attached hydrogen (secondary N) is 1. The van der Waals surface area contributed by atoms with Crippen molar-refractivity contribution in [1.29, 1.82) is 0 Å². The zero-order valence-electron chi connectivity index (χ0n) is 16.5. The lowest BCUT2D eigenvalue weighted by molar-refractivity contribution is -0.115. The molecule has 2 aliphatic heterocycles. The first-order valence-electron chi connectivity index (χ1n) is 10.3. The van der Waals surface area contributed by atoms with Gasteiger partial charge in [-0.3, -0.25) is 9.36 Å². The normalized spacial score (nSPS) is 19.3. The average Bonchev–Trinajstić information content (AvgIpc) is 3.36. The SMILES string of the molecule is CCc1cn(-c2ncnc3c2N=C(C(=O)NC2CCPCC2)C3)c2ccccc12. The summed E-state index contributed by atoms with van der Waals surface area (Å²) in [7, 11) is 1.04. The molecular formula is C22H24N5OP. The van der Waals surface area contributed by atoms with Crippen LogP contribution in [0.1, 0.15) is 31.0 Å². The van der Waals surface area contributed by atoms with E-state index in [-0.39, 0.29) is 11.9 Å². The maximum Gasteiger partial charge on any atom is 0.266 e. The second-order valence-corrected chi connectivity index (χ2v) is 9.12. The van der Waals surface area contributed by atoms with Gasteiger partial charge in [-0.25, -0.2) is 15.0 Å². The summed E-state index contributed by atoms with van der Waals surface area (Å²) in [6, 6.07) is 8.61. The highest BCUT2D eigenvalue weighted by atomic mass is 31.1. The van der Waals surface area contributed by atoms with Crippen LogP contribution in [0.5, 0.6) is 0 Å². The molecule has 0 atom stereocenters. The summed E-state index contributed by atoms with van der Waals surface area (Å²) in [5.41, 5.74) is 4.45. The van der Waals surface area contributed by atoms with E-state index in [1.54, 1.807) is 6.33 Å². The van der Waals surface area contributed by atoms with Crippen LogP contribution in [-0.4, -0.2) is 44.5 Å². The summed E-state index contributed by atoms with van der Waals surface area (Å²) < 4.78 is 2.08. The predicted molar refractivity (Wildman–Crippen MR) is 118 cm³/mol. The molecular weight excluding hydrogens is 381 g/mol. The highest BCUT2D eigenvalue weighted by molar-refractivity contribution is 7.38. The van der Waals surface area contributed by atoms with Crippen molar-refractivity contribution in [2.45, 2.75) is 38.6 Å².